The number of aryl methyl sites for hydroxylation is 1. The second-order valence-electron chi connectivity index (χ2n) is 7.90. The standard InChI is InChI=1S/C23H28O11S/c1-10-7-16(29)19(11(2)24)17(8-10)34-23-22(33-15(6)28)21(32-14(5)27)20(31-13(4)26)18(35-23)9-30-12(3)25/h7-8,18,20-23,29H,9H2,1-6H3/t18-,20+,21-,22+,23-/m0/s1. The van der Waals surface area contributed by atoms with Crippen molar-refractivity contribution in [1.82, 2.24) is 0 Å². The number of aromatic hydroxyl groups is 1. The first-order chi connectivity index (χ1) is 16.3. The molecule has 0 unspecified atom stereocenters. The maximum Gasteiger partial charge on any atom is 0.303 e. The molecule has 1 saturated heterocycles. The summed E-state index contributed by atoms with van der Waals surface area (Å²) in [4.78, 5) is 59.4. The maximum absolute atomic E-state index is 12.2. The van der Waals surface area contributed by atoms with Crippen LogP contribution in [0.25, 0.3) is 0 Å². The van der Waals surface area contributed by atoms with E-state index in [0.29, 0.717) is 5.56 Å². The molecule has 0 aromatic heterocycles. The van der Waals surface area contributed by atoms with Crippen molar-refractivity contribution in [3.05, 3.63) is 23.3 Å². The van der Waals surface area contributed by atoms with Crippen molar-refractivity contribution in [2.45, 2.75) is 70.5 Å². The van der Waals surface area contributed by atoms with Crippen LogP contribution in [0, 0.1) is 6.92 Å². The van der Waals surface area contributed by atoms with Gasteiger partial charge in [-0.2, -0.15) is 0 Å². The molecule has 35 heavy (non-hydrogen) atoms. The lowest BCUT2D eigenvalue weighted by molar-refractivity contribution is -0.190. The molecule has 5 atom stereocenters. The minimum Gasteiger partial charge on any atom is -0.507 e. The number of hydrogen-bond donors (Lipinski definition) is 1. The molecule has 12 heteroatoms. The van der Waals surface area contributed by atoms with Crippen molar-refractivity contribution in [3.63, 3.8) is 0 Å². The Balaban J connectivity index is 2.59. The van der Waals surface area contributed by atoms with E-state index in [-0.39, 0.29) is 23.7 Å². The van der Waals surface area contributed by atoms with Gasteiger partial charge in [0.25, 0.3) is 0 Å². The van der Waals surface area contributed by atoms with Crippen molar-refractivity contribution >= 4 is 41.4 Å². The van der Waals surface area contributed by atoms with Crippen LogP contribution >= 0.6 is 11.8 Å². The first-order valence-electron chi connectivity index (χ1n) is 10.6. The van der Waals surface area contributed by atoms with Crippen LogP contribution in [0.2, 0.25) is 0 Å². The minimum absolute atomic E-state index is 0.00315. The van der Waals surface area contributed by atoms with E-state index in [0.717, 1.165) is 32.5 Å². The molecule has 1 aromatic carbocycles. The first kappa shape index (κ1) is 28.0. The third-order valence-electron chi connectivity index (χ3n) is 4.77. The molecule has 1 heterocycles. The number of rotatable bonds is 8. The Morgan fingerprint density at radius 2 is 1.37 bits per heavy atom. The lowest BCUT2D eigenvalue weighted by atomic mass is 10.0. The number of hydrogen-bond acceptors (Lipinski definition) is 12. The van der Waals surface area contributed by atoms with E-state index in [1.165, 1.54) is 26.0 Å². The molecular weight excluding hydrogens is 484 g/mol. The van der Waals surface area contributed by atoms with Crippen LogP contribution in [0.4, 0.5) is 0 Å². The van der Waals surface area contributed by atoms with Crippen molar-refractivity contribution < 1.29 is 52.8 Å². The second kappa shape index (κ2) is 11.9. The Morgan fingerprint density at radius 1 is 0.829 bits per heavy atom. The first-order valence-corrected chi connectivity index (χ1v) is 11.6. The number of ketones is 1. The van der Waals surface area contributed by atoms with E-state index >= 15 is 0 Å². The molecular formula is C23H28O11S. The van der Waals surface area contributed by atoms with Crippen LogP contribution in [0.5, 0.6) is 11.5 Å². The zero-order valence-corrected chi connectivity index (χ0v) is 21.0. The highest BCUT2D eigenvalue weighted by Gasteiger charge is 2.53. The molecule has 2 rings (SSSR count). The SMILES string of the molecule is CC(=O)OC[C@@H]1S[C@H](Oc2cc(C)cc(O)c2C(C)=O)[C@H](OC(C)=O)[C@@H](OC(C)=O)[C@@H]1OC(C)=O. The Hall–Kier alpha value is -3.28. The Kier molecular flexibility index (Phi) is 9.52. The molecule has 0 bridgehead atoms. The molecule has 0 amide bonds. The molecule has 1 aliphatic rings. The fourth-order valence-corrected chi connectivity index (χ4v) is 4.97. The smallest absolute Gasteiger partial charge is 0.303 e. The number of phenols is 1. The lowest BCUT2D eigenvalue weighted by Gasteiger charge is -2.43. The molecule has 0 aliphatic carbocycles. The highest BCUT2D eigenvalue weighted by Crippen LogP contribution is 2.41. The Labute approximate surface area is 206 Å². The Morgan fingerprint density at radius 3 is 1.89 bits per heavy atom. The third-order valence-corrected chi connectivity index (χ3v) is 6.16. The van der Waals surface area contributed by atoms with E-state index in [2.05, 4.69) is 0 Å². The average Bonchev–Trinajstić information content (AvgIpc) is 2.69. The van der Waals surface area contributed by atoms with E-state index in [1.807, 2.05) is 0 Å². The Bertz CT molecular complexity index is 1010. The predicted molar refractivity (Wildman–Crippen MR) is 122 cm³/mol. The van der Waals surface area contributed by atoms with Gasteiger partial charge < -0.3 is 28.8 Å². The summed E-state index contributed by atoms with van der Waals surface area (Å²) < 4.78 is 27.4. The monoisotopic (exact) mass is 512 g/mol. The number of thioether (sulfide) groups is 1. The summed E-state index contributed by atoms with van der Waals surface area (Å²) in [5.74, 6) is -3.57. The van der Waals surface area contributed by atoms with Gasteiger partial charge in [0.15, 0.2) is 29.5 Å². The molecule has 1 fully saturated rings. The van der Waals surface area contributed by atoms with Crippen LogP contribution in [0.3, 0.4) is 0 Å². The topological polar surface area (TPSA) is 152 Å². The average molecular weight is 513 g/mol. The van der Waals surface area contributed by atoms with Gasteiger partial charge >= 0.3 is 23.9 Å². The molecule has 0 saturated carbocycles. The number of ether oxygens (including phenoxy) is 5. The van der Waals surface area contributed by atoms with Gasteiger partial charge in [-0.1, -0.05) is 0 Å². The number of carbonyl (C=O) groups is 5. The van der Waals surface area contributed by atoms with Gasteiger partial charge in [-0.05, 0) is 31.5 Å². The number of esters is 4. The fourth-order valence-electron chi connectivity index (χ4n) is 3.59. The van der Waals surface area contributed by atoms with Gasteiger partial charge in [0.2, 0.25) is 0 Å². The number of benzene rings is 1. The molecule has 0 radical (unpaired) electrons. The van der Waals surface area contributed by atoms with Gasteiger partial charge in [0.05, 0.1) is 5.25 Å². The molecule has 1 aliphatic heterocycles. The summed E-state index contributed by atoms with van der Waals surface area (Å²) in [6.07, 6.45) is -3.78. The number of carbonyl (C=O) groups excluding carboxylic acids is 5. The van der Waals surface area contributed by atoms with Crippen molar-refractivity contribution in [1.29, 1.82) is 0 Å². The summed E-state index contributed by atoms with van der Waals surface area (Å²) in [6, 6.07) is 2.91. The van der Waals surface area contributed by atoms with Crippen LogP contribution in [-0.2, 0) is 38.1 Å². The van der Waals surface area contributed by atoms with Crippen molar-refractivity contribution in [3.8, 4) is 11.5 Å². The van der Waals surface area contributed by atoms with Crippen LogP contribution in [-0.4, -0.2) is 70.4 Å². The van der Waals surface area contributed by atoms with Gasteiger partial charge in [-0.3, -0.25) is 24.0 Å². The molecule has 192 valence electrons. The largest absolute Gasteiger partial charge is 0.507 e. The van der Waals surface area contributed by atoms with Crippen molar-refractivity contribution in [2.75, 3.05) is 6.61 Å². The molecule has 11 nitrogen and oxygen atoms in total. The summed E-state index contributed by atoms with van der Waals surface area (Å²) in [5.41, 5.74) is -0.631. The molecule has 0 spiro atoms. The quantitative estimate of drug-likeness (QED) is 0.308. The van der Waals surface area contributed by atoms with Crippen molar-refractivity contribution in [2.24, 2.45) is 0 Å². The van der Waals surface area contributed by atoms with Crippen LogP contribution < -0.4 is 4.74 Å². The lowest BCUT2D eigenvalue weighted by Crippen LogP contribution is -2.59. The van der Waals surface area contributed by atoms with E-state index in [4.69, 9.17) is 23.7 Å². The van der Waals surface area contributed by atoms with Gasteiger partial charge in [-0.15, -0.1) is 11.8 Å². The van der Waals surface area contributed by atoms with E-state index in [1.54, 1.807) is 6.92 Å². The molecule has 1 N–H and O–H groups in total. The minimum atomic E-state index is -1.33. The zero-order valence-electron chi connectivity index (χ0n) is 20.2. The summed E-state index contributed by atoms with van der Waals surface area (Å²) in [6.45, 7) is 7.28. The fraction of sp³-hybridized carbons (Fsp3) is 0.522. The summed E-state index contributed by atoms with van der Waals surface area (Å²) in [7, 11) is 0. The third kappa shape index (κ3) is 7.61. The van der Waals surface area contributed by atoms with Crippen LogP contribution in [0.1, 0.15) is 50.5 Å². The summed E-state index contributed by atoms with van der Waals surface area (Å²) in [5, 5.41) is 9.51. The number of phenolic OH excluding ortho intramolecular Hbond substituents is 1. The normalized spacial score (nSPS) is 23.5. The summed E-state index contributed by atoms with van der Waals surface area (Å²) >= 11 is 0.993. The van der Waals surface area contributed by atoms with Gasteiger partial charge in [0.1, 0.15) is 23.7 Å². The highest BCUT2D eigenvalue weighted by atomic mass is 32.2. The van der Waals surface area contributed by atoms with E-state index < -0.39 is 58.7 Å². The molecule has 1 aromatic rings. The van der Waals surface area contributed by atoms with Gasteiger partial charge in [-0.25, -0.2) is 0 Å². The highest BCUT2D eigenvalue weighted by molar-refractivity contribution is 8.00. The maximum atomic E-state index is 12.2. The predicted octanol–water partition coefficient (Wildman–Crippen LogP) is 2.08. The second-order valence-corrected chi connectivity index (χ2v) is 9.24. The van der Waals surface area contributed by atoms with E-state index in [9.17, 15) is 29.1 Å². The number of Topliss-reactive ketones (excluding diaryl/α,β-unsaturated/α-hetero) is 1. The van der Waals surface area contributed by atoms with Gasteiger partial charge in [0, 0.05) is 27.7 Å². The van der Waals surface area contributed by atoms with Crippen LogP contribution in [0.15, 0.2) is 12.1 Å². The zero-order chi connectivity index (χ0) is 26.4.